The highest BCUT2D eigenvalue weighted by Gasteiger charge is 2.18. The maximum absolute atomic E-state index is 11.0. The third-order valence-corrected chi connectivity index (χ3v) is 2.68. The number of nitrogens with one attached hydrogen (secondary N) is 2. The minimum atomic E-state index is -0.524. The van der Waals surface area contributed by atoms with Gasteiger partial charge < -0.3 is 20.1 Å². The zero-order valence-corrected chi connectivity index (χ0v) is 12.5. The van der Waals surface area contributed by atoms with Crippen LogP contribution in [0, 0.1) is 10.1 Å². The molecule has 1 aromatic rings. The standard InChI is InChI=1S/C12H21N5O4/c1-4-5-13-12-15-7-10(17(18)19)11(16-12)14-6-9(21-3)8-20-2/h7,9H,4-6,8H2,1-3H3,(H2,13,14,15,16). The molecule has 1 aromatic heterocycles. The van der Waals surface area contributed by atoms with E-state index in [0.29, 0.717) is 25.6 Å². The molecule has 0 aliphatic heterocycles. The van der Waals surface area contributed by atoms with Crippen molar-refractivity contribution in [3.63, 3.8) is 0 Å². The summed E-state index contributed by atoms with van der Waals surface area (Å²) >= 11 is 0. The molecule has 0 amide bonds. The van der Waals surface area contributed by atoms with E-state index in [-0.39, 0.29) is 17.6 Å². The lowest BCUT2D eigenvalue weighted by atomic mass is 10.3. The molecule has 0 radical (unpaired) electrons. The Labute approximate surface area is 123 Å². The van der Waals surface area contributed by atoms with Crippen LogP contribution in [-0.4, -0.2) is 54.9 Å². The van der Waals surface area contributed by atoms with Crippen LogP contribution in [0.2, 0.25) is 0 Å². The Hall–Kier alpha value is -2.00. The van der Waals surface area contributed by atoms with E-state index < -0.39 is 4.92 Å². The van der Waals surface area contributed by atoms with Gasteiger partial charge >= 0.3 is 5.69 Å². The number of hydrogen-bond donors (Lipinski definition) is 2. The summed E-state index contributed by atoms with van der Waals surface area (Å²) < 4.78 is 10.2. The third-order valence-electron chi connectivity index (χ3n) is 2.68. The molecule has 118 valence electrons. The highest BCUT2D eigenvalue weighted by atomic mass is 16.6. The summed E-state index contributed by atoms with van der Waals surface area (Å²) in [6, 6.07) is 0. The Morgan fingerprint density at radius 2 is 2.19 bits per heavy atom. The zero-order chi connectivity index (χ0) is 15.7. The van der Waals surface area contributed by atoms with Gasteiger partial charge in [-0.3, -0.25) is 10.1 Å². The van der Waals surface area contributed by atoms with E-state index >= 15 is 0 Å². The first kappa shape index (κ1) is 17.1. The van der Waals surface area contributed by atoms with Crippen LogP contribution in [0.1, 0.15) is 13.3 Å². The molecule has 0 aliphatic rings. The van der Waals surface area contributed by atoms with Gasteiger partial charge in [-0.15, -0.1) is 0 Å². The van der Waals surface area contributed by atoms with Gasteiger partial charge in [0, 0.05) is 27.3 Å². The second-order valence-corrected chi connectivity index (χ2v) is 4.31. The lowest BCUT2D eigenvalue weighted by molar-refractivity contribution is -0.384. The smallest absolute Gasteiger partial charge is 0.329 e. The predicted molar refractivity (Wildman–Crippen MR) is 78.6 cm³/mol. The predicted octanol–water partition coefficient (Wildman–Crippen LogP) is 1.28. The maximum atomic E-state index is 11.0. The van der Waals surface area contributed by atoms with Gasteiger partial charge in [0.25, 0.3) is 0 Å². The van der Waals surface area contributed by atoms with E-state index in [1.54, 1.807) is 14.2 Å². The van der Waals surface area contributed by atoms with Crippen molar-refractivity contribution in [2.24, 2.45) is 0 Å². The number of anilines is 2. The molecule has 21 heavy (non-hydrogen) atoms. The van der Waals surface area contributed by atoms with E-state index in [9.17, 15) is 10.1 Å². The molecule has 1 atom stereocenters. The second-order valence-electron chi connectivity index (χ2n) is 4.31. The van der Waals surface area contributed by atoms with Crippen molar-refractivity contribution in [1.29, 1.82) is 0 Å². The average molecular weight is 299 g/mol. The summed E-state index contributed by atoms with van der Waals surface area (Å²) in [6.45, 7) is 3.42. The maximum Gasteiger partial charge on any atom is 0.329 e. The van der Waals surface area contributed by atoms with Gasteiger partial charge in [-0.25, -0.2) is 4.98 Å². The first-order valence-corrected chi connectivity index (χ1v) is 6.63. The van der Waals surface area contributed by atoms with Crippen LogP contribution in [0.3, 0.4) is 0 Å². The highest BCUT2D eigenvalue weighted by molar-refractivity contribution is 5.57. The van der Waals surface area contributed by atoms with Crippen LogP contribution >= 0.6 is 0 Å². The van der Waals surface area contributed by atoms with Gasteiger partial charge in [0.15, 0.2) is 0 Å². The van der Waals surface area contributed by atoms with E-state index in [1.165, 1.54) is 6.20 Å². The fourth-order valence-electron chi connectivity index (χ4n) is 1.57. The fourth-order valence-corrected chi connectivity index (χ4v) is 1.57. The molecule has 0 spiro atoms. The zero-order valence-electron chi connectivity index (χ0n) is 12.5. The Morgan fingerprint density at radius 1 is 1.43 bits per heavy atom. The molecule has 1 unspecified atom stereocenters. The largest absolute Gasteiger partial charge is 0.382 e. The van der Waals surface area contributed by atoms with Gasteiger partial charge in [0.05, 0.1) is 17.6 Å². The van der Waals surface area contributed by atoms with Crippen molar-refractivity contribution < 1.29 is 14.4 Å². The van der Waals surface area contributed by atoms with Crippen LogP contribution < -0.4 is 10.6 Å². The Morgan fingerprint density at radius 3 is 2.76 bits per heavy atom. The Kier molecular flexibility index (Phi) is 7.33. The van der Waals surface area contributed by atoms with Crippen LogP contribution in [0.4, 0.5) is 17.5 Å². The summed E-state index contributed by atoms with van der Waals surface area (Å²) in [4.78, 5) is 18.5. The molecule has 0 saturated carbocycles. The minimum absolute atomic E-state index is 0.159. The summed E-state index contributed by atoms with van der Waals surface area (Å²) in [7, 11) is 3.11. The monoisotopic (exact) mass is 299 g/mol. The molecule has 1 rings (SSSR count). The van der Waals surface area contributed by atoms with Gasteiger partial charge in [0.2, 0.25) is 11.8 Å². The summed E-state index contributed by atoms with van der Waals surface area (Å²) in [5.74, 6) is 0.511. The number of ether oxygens (including phenoxy) is 2. The van der Waals surface area contributed by atoms with Crippen LogP contribution in [0.25, 0.3) is 0 Å². The van der Waals surface area contributed by atoms with Crippen molar-refractivity contribution in [3.8, 4) is 0 Å². The third kappa shape index (κ3) is 5.48. The molecule has 0 fully saturated rings. The van der Waals surface area contributed by atoms with Crippen LogP contribution in [0.15, 0.2) is 6.20 Å². The van der Waals surface area contributed by atoms with Crippen molar-refractivity contribution in [1.82, 2.24) is 9.97 Å². The van der Waals surface area contributed by atoms with Crippen molar-refractivity contribution >= 4 is 17.5 Å². The first-order valence-electron chi connectivity index (χ1n) is 6.63. The van der Waals surface area contributed by atoms with Crippen molar-refractivity contribution in [3.05, 3.63) is 16.3 Å². The van der Waals surface area contributed by atoms with Crippen molar-refractivity contribution in [2.45, 2.75) is 19.4 Å². The highest BCUT2D eigenvalue weighted by Crippen LogP contribution is 2.22. The number of rotatable bonds is 10. The molecule has 1 heterocycles. The van der Waals surface area contributed by atoms with Gasteiger partial charge in [-0.2, -0.15) is 4.98 Å². The number of hydrogen-bond acceptors (Lipinski definition) is 8. The number of nitro groups is 1. The number of aromatic nitrogens is 2. The van der Waals surface area contributed by atoms with Crippen molar-refractivity contribution in [2.75, 3.05) is 44.5 Å². The number of methoxy groups -OCH3 is 2. The molecule has 0 bridgehead atoms. The van der Waals surface area contributed by atoms with Crippen LogP contribution in [-0.2, 0) is 9.47 Å². The molecule has 0 aromatic carbocycles. The molecule has 0 saturated heterocycles. The minimum Gasteiger partial charge on any atom is -0.382 e. The average Bonchev–Trinajstić information content (AvgIpc) is 2.49. The number of nitrogens with zero attached hydrogens (tertiary/aromatic N) is 3. The molecular formula is C12H21N5O4. The van der Waals surface area contributed by atoms with Gasteiger partial charge in [-0.1, -0.05) is 6.92 Å². The Bertz CT molecular complexity index is 457. The van der Waals surface area contributed by atoms with Gasteiger partial charge in [0.1, 0.15) is 6.20 Å². The summed E-state index contributed by atoms with van der Waals surface area (Å²) in [5, 5.41) is 16.9. The fraction of sp³-hybridized carbons (Fsp3) is 0.667. The lowest BCUT2D eigenvalue weighted by Crippen LogP contribution is -2.27. The van der Waals surface area contributed by atoms with E-state index in [1.807, 2.05) is 6.92 Å². The first-order chi connectivity index (χ1) is 10.1. The topological polar surface area (TPSA) is 111 Å². The van der Waals surface area contributed by atoms with E-state index in [2.05, 4.69) is 20.6 Å². The SMILES string of the molecule is CCCNc1ncc([N+](=O)[O-])c(NCC(COC)OC)n1. The van der Waals surface area contributed by atoms with E-state index in [0.717, 1.165) is 6.42 Å². The molecular weight excluding hydrogens is 278 g/mol. The summed E-state index contributed by atoms with van der Waals surface area (Å²) in [6.07, 6.45) is 1.87. The molecule has 2 N–H and O–H groups in total. The van der Waals surface area contributed by atoms with E-state index in [4.69, 9.17) is 9.47 Å². The molecule has 9 nitrogen and oxygen atoms in total. The lowest BCUT2D eigenvalue weighted by Gasteiger charge is -2.15. The van der Waals surface area contributed by atoms with Gasteiger partial charge in [-0.05, 0) is 6.42 Å². The molecule has 9 heteroatoms. The van der Waals surface area contributed by atoms with Crippen LogP contribution in [0.5, 0.6) is 0 Å². The quantitative estimate of drug-likeness (QED) is 0.491. The summed E-state index contributed by atoms with van der Waals surface area (Å²) in [5.41, 5.74) is -0.177. The second kappa shape index (κ2) is 9.03. The molecule has 0 aliphatic carbocycles. The normalized spacial score (nSPS) is 12.0. The Balaban J connectivity index is 2.82.